The van der Waals surface area contributed by atoms with Crippen LogP contribution in [-0.4, -0.2) is 24.5 Å². The van der Waals surface area contributed by atoms with E-state index in [1.807, 2.05) is 0 Å². The van der Waals surface area contributed by atoms with Crippen LogP contribution >= 0.6 is 15.9 Å². The molecule has 19 heavy (non-hydrogen) atoms. The summed E-state index contributed by atoms with van der Waals surface area (Å²) in [5, 5.41) is 9.03. The number of carbonyl (C=O) groups is 1. The first-order valence-electron chi connectivity index (χ1n) is 5.08. The zero-order chi connectivity index (χ0) is 14.0. The molecule has 1 heterocycles. The molecule has 2 rings (SSSR count). The summed E-state index contributed by atoms with van der Waals surface area (Å²) in [7, 11) is -3.81. The highest BCUT2D eigenvalue weighted by molar-refractivity contribution is 9.10. The minimum Gasteiger partial charge on any atom is -0.478 e. The second-order valence-electron chi connectivity index (χ2n) is 3.65. The quantitative estimate of drug-likeness (QED) is 0.792. The van der Waals surface area contributed by atoms with Gasteiger partial charge in [0.1, 0.15) is 4.90 Å². The summed E-state index contributed by atoms with van der Waals surface area (Å²) < 4.78 is 26.8. The zero-order valence-corrected chi connectivity index (χ0v) is 11.8. The SMILES string of the molecule is O=C(O)c1ccc(Br)cc1NS(=O)(=O)c1cc[nH]c1. The minimum absolute atomic E-state index is 0.00285. The number of rotatable bonds is 4. The molecule has 0 unspecified atom stereocenters. The molecule has 8 heteroatoms. The number of hydrogen-bond acceptors (Lipinski definition) is 3. The number of aromatic carboxylic acids is 1. The summed E-state index contributed by atoms with van der Waals surface area (Å²) in [5.41, 5.74) is -0.120. The molecule has 100 valence electrons. The Balaban J connectivity index is 2.44. The van der Waals surface area contributed by atoms with E-state index in [4.69, 9.17) is 5.11 Å². The number of nitrogens with one attached hydrogen (secondary N) is 2. The van der Waals surface area contributed by atoms with E-state index in [9.17, 15) is 13.2 Å². The van der Waals surface area contributed by atoms with Gasteiger partial charge in [-0.15, -0.1) is 0 Å². The normalized spacial score (nSPS) is 11.2. The van der Waals surface area contributed by atoms with E-state index >= 15 is 0 Å². The number of aromatic amines is 1. The third kappa shape index (κ3) is 2.96. The van der Waals surface area contributed by atoms with Gasteiger partial charge in [0, 0.05) is 16.9 Å². The van der Waals surface area contributed by atoms with Crippen LogP contribution in [0.4, 0.5) is 5.69 Å². The number of benzene rings is 1. The van der Waals surface area contributed by atoms with Gasteiger partial charge in [-0.2, -0.15) is 0 Å². The van der Waals surface area contributed by atoms with E-state index in [0.717, 1.165) is 0 Å². The number of anilines is 1. The fraction of sp³-hybridized carbons (Fsp3) is 0. The Morgan fingerprint density at radius 2 is 2.05 bits per heavy atom. The van der Waals surface area contributed by atoms with Gasteiger partial charge in [0.25, 0.3) is 10.0 Å². The molecule has 6 nitrogen and oxygen atoms in total. The lowest BCUT2D eigenvalue weighted by Crippen LogP contribution is -2.15. The lowest BCUT2D eigenvalue weighted by atomic mass is 10.2. The molecule has 0 radical (unpaired) electrons. The van der Waals surface area contributed by atoms with E-state index in [0.29, 0.717) is 4.47 Å². The van der Waals surface area contributed by atoms with Crippen LogP contribution in [-0.2, 0) is 10.0 Å². The number of hydrogen-bond donors (Lipinski definition) is 3. The maximum Gasteiger partial charge on any atom is 0.337 e. The van der Waals surface area contributed by atoms with Gasteiger partial charge in [-0.05, 0) is 24.3 Å². The average Bonchev–Trinajstić information content (AvgIpc) is 2.81. The minimum atomic E-state index is -3.81. The van der Waals surface area contributed by atoms with Gasteiger partial charge in [-0.1, -0.05) is 15.9 Å². The topological polar surface area (TPSA) is 99.3 Å². The molecule has 2 aromatic rings. The van der Waals surface area contributed by atoms with Crippen LogP contribution in [0, 0.1) is 0 Å². The van der Waals surface area contributed by atoms with Gasteiger partial charge in [-0.25, -0.2) is 13.2 Å². The van der Waals surface area contributed by atoms with Crippen LogP contribution in [0.5, 0.6) is 0 Å². The molecule has 0 saturated carbocycles. The predicted molar refractivity (Wildman–Crippen MR) is 72.7 cm³/mol. The molecule has 0 aliphatic rings. The Kier molecular flexibility index (Phi) is 3.63. The van der Waals surface area contributed by atoms with Crippen molar-refractivity contribution in [1.29, 1.82) is 0 Å². The Bertz CT molecular complexity index is 710. The third-order valence-corrected chi connectivity index (χ3v) is 4.19. The Labute approximate surface area is 117 Å². The van der Waals surface area contributed by atoms with E-state index < -0.39 is 16.0 Å². The van der Waals surface area contributed by atoms with Crippen LogP contribution in [0.25, 0.3) is 0 Å². The summed E-state index contributed by atoms with van der Waals surface area (Å²) in [6, 6.07) is 5.62. The highest BCUT2D eigenvalue weighted by atomic mass is 79.9. The number of sulfonamides is 1. The first kappa shape index (κ1) is 13.6. The first-order chi connectivity index (χ1) is 8.90. The summed E-state index contributed by atoms with van der Waals surface area (Å²) in [6.07, 6.45) is 2.77. The van der Waals surface area contributed by atoms with Gasteiger partial charge < -0.3 is 10.1 Å². The van der Waals surface area contributed by atoms with Crippen molar-refractivity contribution in [1.82, 2.24) is 4.98 Å². The predicted octanol–water partition coefficient (Wildman–Crippen LogP) is 2.28. The molecule has 0 fully saturated rings. The molecule has 0 atom stereocenters. The molecule has 0 saturated heterocycles. The largest absolute Gasteiger partial charge is 0.478 e. The highest BCUT2D eigenvalue weighted by Gasteiger charge is 2.18. The van der Waals surface area contributed by atoms with Gasteiger partial charge >= 0.3 is 5.97 Å². The molecule has 0 aliphatic carbocycles. The second kappa shape index (κ2) is 5.06. The molecule has 1 aromatic carbocycles. The number of carboxylic acid groups (broad SMARTS) is 1. The maximum atomic E-state index is 12.0. The number of halogens is 1. The van der Waals surface area contributed by atoms with E-state index in [2.05, 4.69) is 25.6 Å². The van der Waals surface area contributed by atoms with Crippen LogP contribution in [0.2, 0.25) is 0 Å². The summed E-state index contributed by atoms with van der Waals surface area (Å²) in [5.74, 6) is -1.21. The van der Waals surface area contributed by atoms with Gasteiger partial charge in [0.05, 0.1) is 11.3 Å². The lowest BCUT2D eigenvalue weighted by Gasteiger charge is -2.09. The fourth-order valence-corrected chi connectivity index (χ4v) is 2.87. The molecule has 0 aliphatic heterocycles. The van der Waals surface area contributed by atoms with E-state index in [1.54, 1.807) is 0 Å². The van der Waals surface area contributed by atoms with Crippen molar-refractivity contribution in [3.63, 3.8) is 0 Å². The number of aromatic nitrogens is 1. The van der Waals surface area contributed by atoms with Crippen molar-refractivity contribution in [2.75, 3.05) is 4.72 Å². The molecule has 0 amide bonds. The van der Waals surface area contributed by atoms with Crippen molar-refractivity contribution in [3.05, 3.63) is 46.7 Å². The van der Waals surface area contributed by atoms with Crippen LogP contribution < -0.4 is 4.72 Å². The number of H-pyrrole nitrogens is 1. The van der Waals surface area contributed by atoms with Crippen molar-refractivity contribution in [2.45, 2.75) is 4.90 Å². The standard InChI is InChI=1S/C11H9BrN2O4S/c12-7-1-2-9(11(15)16)10(5-7)14-19(17,18)8-3-4-13-6-8/h1-6,13-14H,(H,15,16). The van der Waals surface area contributed by atoms with Crippen LogP contribution in [0.3, 0.4) is 0 Å². The fourth-order valence-electron chi connectivity index (χ4n) is 1.47. The smallest absolute Gasteiger partial charge is 0.337 e. The molecular formula is C11H9BrN2O4S. The zero-order valence-electron chi connectivity index (χ0n) is 9.42. The first-order valence-corrected chi connectivity index (χ1v) is 7.36. The third-order valence-electron chi connectivity index (χ3n) is 2.34. The number of carboxylic acids is 1. The summed E-state index contributed by atoms with van der Waals surface area (Å²) in [4.78, 5) is 13.7. The van der Waals surface area contributed by atoms with Crippen molar-refractivity contribution in [2.24, 2.45) is 0 Å². The summed E-state index contributed by atoms with van der Waals surface area (Å²) >= 11 is 3.17. The van der Waals surface area contributed by atoms with Gasteiger partial charge in [0.15, 0.2) is 0 Å². The van der Waals surface area contributed by atoms with E-state index in [-0.39, 0.29) is 16.1 Å². The second-order valence-corrected chi connectivity index (χ2v) is 6.25. The maximum absolute atomic E-state index is 12.0. The van der Waals surface area contributed by atoms with Gasteiger partial charge in [-0.3, -0.25) is 4.72 Å². The Morgan fingerprint density at radius 1 is 1.32 bits per heavy atom. The van der Waals surface area contributed by atoms with Crippen molar-refractivity contribution >= 4 is 37.6 Å². The Morgan fingerprint density at radius 3 is 2.63 bits per heavy atom. The van der Waals surface area contributed by atoms with Crippen molar-refractivity contribution in [3.8, 4) is 0 Å². The highest BCUT2D eigenvalue weighted by Crippen LogP contribution is 2.24. The lowest BCUT2D eigenvalue weighted by molar-refractivity contribution is 0.0698. The van der Waals surface area contributed by atoms with Crippen LogP contribution in [0.15, 0.2) is 46.0 Å². The van der Waals surface area contributed by atoms with Gasteiger partial charge in [0.2, 0.25) is 0 Å². The molecule has 1 aromatic heterocycles. The molecular weight excluding hydrogens is 336 g/mol. The van der Waals surface area contributed by atoms with E-state index in [1.165, 1.54) is 36.7 Å². The molecule has 0 spiro atoms. The average molecular weight is 345 g/mol. The molecule has 0 bridgehead atoms. The summed E-state index contributed by atoms with van der Waals surface area (Å²) in [6.45, 7) is 0. The van der Waals surface area contributed by atoms with Crippen LogP contribution in [0.1, 0.15) is 10.4 Å². The van der Waals surface area contributed by atoms with Crippen molar-refractivity contribution < 1.29 is 18.3 Å². The Hall–Kier alpha value is -1.80. The monoisotopic (exact) mass is 344 g/mol. The molecule has 3 N–H and O–H groups in total.